The van der Waals surface area contributed by atoms with Gasteiger partial charge in [0.1, 0.15) is 11.5 Å². The number of rotatable bonds is 5. The molecule has 0 saturated carbocycles. The molecule has 0 heterocycles. The third-order valence-corrected chi connectivity index (χ3v) is 4.61. The van der Waals surface area contributed by atoms with Crippen molar-refractivity contribution < 1.29 is 4.74 Å². The average molecular weight is 376 g/mol. The van der Waals surface area contributed by atoms with Crippen molar-refractivity contribution in [1.29, 1.82) is 0 Å². The fraction of sp³-hybridized carbons (Fsp3) is 0.0526. The lowest BCUT2D eigenvalue weighted by molar-refractivity contribution is 0.481. The first-order valence-electron chi connectivity index (χ1n) is 7.35. The molecule has 0 bridgehead atoms. The summed E-state index contributed by atoms with van der Waals surface area (Å²) in [6, 6.07) is 21.0. The van der Waals surface area contributed by atoms with Crippen LogP contribution in [-0.2, 0) is 6.54 Å². The van der Waals surface area contributed by atoms with Gasteiger partial charge in [0.05, 0.1) is 10.0 Å². The Hall–Kier alpha value is -1.81. The van der Waals surface area contributed by atoms with Gasteiger partial charge in [0, 0.05) is 23.2 Å². The van der Waals surface area contributed by atoms with Crippen molar-refractivity contribution in [2.75, 3.05) is 5.32 Å². The first-order chi connectivity index (χ1) is 11.6. The lowest BCUT2D eigenvalue weighted by Crippen LogP contribution is -2.00. The van der Waals surface area contributed by atoms with E-state index in [4.69, 9.17) is 27.9 Å². The van der Waals surface area contributed by atoms with Crippen LogP contribution in [0, 0.1) is 0 Å². The number of anilines is 1. The topological polar surface area (TPSA) is 21.3 Å². The Morgan fingerprint density at radius 1 is 0.833 bits per heavy atom. The summed E-state index contributed by atoms with van der Waals surface area (Å²) < 4.78 is 5.86. The first-order valence-corrected chi connectivity index (χ1v) is 8.56. The number of para-hydroxylation sites is 1. The summed E-state index contributed by atoms with van der Waals surface area (Å²) in [6.07, 6.45) is 0. The summed E-state index contributed by atoms with van der Waals surface area (Å²) in [5, 5.41) is 4.33. The number of nitrogens with one attached hydrogen (secondary N) is 1. The average Bonchev–Trinajstić information content (AvgIpc) is 2.59. The monoisotopic (exact) mass is 375 g/mol. The largest absolute Gasteiger partial charge is 0.457 e. The quantitative estimate of drug-likeness (QED) is 0.484. The molecule has 0 radical (unpaired) electrons. The summed E-state index contributed by atoms with van der Waals surface area (Å²) in [5.41, 5.74) is 2.10. The SMILES string of the molecule is Sc1ccc(Oc2ccc(Cl)c(Cl)c2)cc1CNc1ccccc1. The number of benzene rings is 3. The molecule has 0 aliphatic heterocycles. The maximum absolute atomic E-state index is 6.02. The summed E-state index contributed by atoms with van der Waals surface area (Å²) >= 11 is 16.5. The van der Waals surface area contributed by atoms with E-state index in [0.717, 1.165) is 21.9 Å². The van der Waals surface area contributed by atoms with Crippen LogP contribution >= 0.6 is 35.8 Å². The van der Waals surface area contributed by atoms with Gasteiger partial charge in [0.15, 0.2) is 0 Å². The molecule has 3 aromatic rings. The van der Waals surface area contributed by atoms with E-state index in [1.807, 2.05) is 48.5 Å². The highest BCUT2D eigenvalue weighted by Crippen LogP contribution is 2.31. The highest BCUT2D eigenvalue weighted by Gasteiger charge is 2.05. The number of halogens is 2. The molecule has 1 N–H and O–H groups in total. The van der Waals surface area contributed by atoms with Crippen molar-refractivity contribution in [3.05, 3.63) is 82.3 Å². The van der Waals surface area contributed by atoms with Crippen LogP contribution in [0.2, 0.25) is 10.0 Å². The molecule has 2 nitrogen and oxygen atoms in total. The zero-order valence-corrected chi connectivity index (χ0v) is 15.1. The van der Waals surface area contributed by atoms with Crippen molar-refractivity contribution in [3.8, 4) is 11.5 Å². The molecule has 24 heavy (non-hydrogen) atoms. The van der Waals surface area contributed by atoms with Crippen molar-refractivity contribution in [3.63, 3.8) is 0 Å². The Kier molecular flexibility index (Phi) is 5.56. The van der Waals surface area contributed by atoms with Gasteiger partial charge in [-0.1, -0.05) is 41.4 Å². The standard InChI is InChI=1S/C19H15Cl2NOS/c20-17-8-6-16(11-18(17)21)23-15-7-9-19(24)13(10-15)12-22-14-4-2-1-3-5-14/h1-11,22,24H,12H2. The van der Waals surface area contributed by atoms with Crippen LogP contribution in [0.3, 0.4) is 0 Å². The molecule has 0 aliphatic carbocycles. The van der Waals surface area contributed by atoms with E-state index in [1.165, 1.54) is 0 Å². The van der Waals surface area contributed by atoms with E-state index in [-0.39, 0.29) is 0 Å². The van der Waals surface area contributed by atoms with Crippen molar-refractivity contribution in [2.45, 2.75) is 11.4 Å². The van der Waals surface area contributed by atoms with Gasteiger partial charge in [0.25, 0.3) is 0 Å². The Balaban J connectivity index is 1.74. The molecule has 5 heteroatoms. The highest BCUT2D eigenvalue weighted by atomic mass is 35.5. The summed E-state index contributed by atoms with van der Waals surface area (Å²) in [4.78, 5) is 0.903. The molecular formula is C19H15Cl2NOS. The highest BCUT2D eigenvalue weighted by molar-refractivity contribution is 7.80. The molecule has 0 aromatic heterocycles. The van der Waals surface area contributed by atoms with Gasteiger partial charge < -0.3 is 10.1 Å². The summed E-state index contributed by atoms with van der Waals surface area (Å²) in [5.74, 6) is 1.36. The molecule has 122 valence electrons. The van der Waals surface area contributed by atoms with Gasteiger partial charge in [-0.25, -0.2) is 0 Å². The minimum atomic E-state index is 0.464. The van der Waals surface area contributed by atoms with E-state index in [1.54, 1.807) is 18.2 Å². The van der Waals surface area contributed by atoms with Gasteiger partial charge in [0.2, 0.25) is 0 Å². The van der Waals surface area contributed by atoms with Gasteiger partial charge in [-0.2, -0.15) is 0 Å². The van der Waals surface area contributed by atoms with Crippen molar-refractivity contribution in [2.24, 2.45) is 0 Å². The van der Waals surface area contributed by atoms with Gasteiger partial charge in [-0.3, -0.25) is 0 Å². The number of thiol groups is 1. The predicted octanol–water partition coefficient (Wildman–Crippen LogP) is 6.69. The van der Waals surface area contributed by atoms with Crippen LogP contribution in [-0.4, -0.2) is 0 Å². The Labute approximate surface area is 156 Å². The van der Waals surface area contributed by atoms with Crippen LogP contribution in [0.5, 0.6) is 11.5 Å². The number of ether oxygens (including phenoxy) is 1. The van der Waals surface area contributed by atoms with Gasteiger partial charge in [-0.05, 0) is 48.0 Å². The van der Waals surface area contributed by atoms with E-state index in [9.17, 15) is 0 Å². The lowest BCUT2D eigenvalue weighted by atomic mass is 10.2. The normalized spacial score (nSPS) is 10.5. The zero-order valence-electron chi connectivity index (χ0n) is 12.7. The Bertz CT molecular complexity index is 840. The van der Waals surface area contributed by atoms with Crippen molar-refractivity contribution >= 4 is 41.5 Å². The second-order valence-corrected chi connectivity index (χ2v) is 6.48. The van der Waals surface area contributed by atoms with Crippen LogP contribution < -0.4 is 10.1 Å². The van der Waals surface area contributed by atoms with Crippen LogP contribution in [0.4, 0.5) is 5.69 Å². The number of hydrogen-bond donors (Lipinski definition) is 2. The lowest BCUT2D eigenvalue weighted by Gasteiger charge is -2.12. The second-order valence-electron chi connectivity index (χ2n) is 5.19. The molecule has 3 rings (SSSR count). The van der Waals surface area contributed by atoms with Crippen LogP contribution in [0.1, 0.15) is 5.56 Å². The number of hydrogen-bond acceptors (Lipinski definition) is 3. The molecule has 0 aliphatic rings. The predicted molar refractivity (Wildman–Crippen MR) is 104 cm³/mol. The minimum absolute atomic E-state index is 0.464. The second kappa shape index (κ2) is 7.84. The van der Waals surface area contributed by atoms with E-state index in [2.05, 4.69) is 17.9 Å². The third-order valence-electron chi connectivity index (χ3n) is 3.43. The minimum Gasteiger partial charge on any atom is -0.457 e. The molecule has 0 saturated heterocycles. The Morgan fingerprint density at radius 3 is 2.29 bits per heavy atom. The summed E-state index contributed by atoms with van der Waals surface area (Å²) in [7, 11) is 0. The molecule has 0 unspecified atom stereocenters. The summed E-state index contributed by atoms with van der Waals surface area (Å²) in [6.45, 7) is 0.654. The fourth-order valence-corrected chi connectivity index (χ4v) is 2.70. The molecule has 0 spiro atoms. The van der Waals surface area contributed by atoms with E-state index in [0.29, 0.717) is 22.3 Å². The van der Waals surface area contributed by atoms with E-state index >= 15 is 0 Å². The molecule has 0 fully saturated rings. The fourth-order valence-electron chi connectivity index (χ4n) is 2.20. The molecule has 3 aromatic carbocycles. The van der Waals surface area contributed by atoms with Crippen molar-refractivity contribution in [1.82, 2.24) is 0 Å². The van der Waals surface area contributed by atoms with Gasteiger partial charge in [-0.15, -0.1) is 12.6 Å². The van der Waals surface area contributed by atoms with E-state index < -0.39 is 0 Å². The maximum atomic E-state index is 6.02. The molecular weight excluding hydrogens is 361 g/mol. The first kappa shape index (κ1) is 17.0. The smallest absolute Gasteiger partial charge is 0.129 e. The maximum Gasteiger partial charge on any atom is 0.129 e. The zero-order chi connectivity index (χ0) is 16.9. The molecule has 0 atom stereocenters. The van der Waals surface area contributed by atoms with Crippen LogP contribution in [0.25, 0.3) is 0 Å². The Morgan fingerprint density at radius 2 is 1.54 bits per heavy atom. The van der Waals surface area contributed by atoms with Gasteiger partial charge >= 0.3 is 0 Å². The third kappa shape index (κ3) is 4.38. The molecule has 0 amide bonds. The van der Waals surface area contributed by atoms with Crippen LogP contribution in [0.15, 0.2) is 71.6 Å².